The van der Waals surface area contributed by atoms with Crippen molar-refractivity contribution in [3.05, 3.63) is 64.8 Å². The second kappa shape index (κ2) is 7.18. The van der Waals surface area contributed by atoms with Crippen molar-refractivity contribution in [2.75, 3.05) is 11.4 Å². The second-order valence-corrected chi connectivity index (χ2v) is 7.25. The number of benzene rings is 2. The number of H-pyrrole nitrogens is 1. The van der Waals surface area contributed by atoms with Crippen LogP contribution in [-0.2, 0) is 16.0 Å². The van der Waals surface area contributed by atoms with Crippen LogP contribution in [0.2, 0.25) is 5.02 Å². The van der Waals surface area contributed by atoms with Crippen molar-refractivity contribution < 1.29 is 9.59 Å². The third-order valence-electron chi connectivity index (χ3n) is 5.02. The topological polar surface area (TPSA) is 65.2 Å². The summed E-state index contributed by atoms with van der Waals surface area (Å²) in [5.41, 5.74) is 3.75. The molecule has 1 aliphatic rings. The van der Waals surface area contributed by atoms with Gasteiger partial charge in [0.25, 0.3) is 5.91 Å². The van der Waals surface area contributed by atoms with E-state index < -0.39 is 6.04 Å². The van der Waals surface area contributed by atoms with E-state index in [1.54, 1.807) is 0 Å². The molecule has 0 spiro atoms. The number of para-hydroxylation sites is 1. The van der Waals surface area contributed by atoms with Gasteiger partial charge in [-0.05, 0) is 48.7 Å². The van der Waals surface area contributed by atoms with Crippen LogP contribution in [0.1, 0.15) is 17.5 Å². The molecule has 27 heavy (non-hydrogen) atoms. The molecule has 1 atom stereocenters. The van der Waals surface area contributed by atoms with E-state index in [0.717, 1.165) is 28.5 Å². The summed E-state index contributed by atoms with van der Waals surface area (Å²) in [5.74, 6) is -0.345. The van der Waals surface area contributed by atoms with Gasteiger partial charge >= 0.3 is 0 Å². The molecule has 6 heteroatoms. The molecule has 5 nitrogen and oxygen atoms in total. The number of imide groups is 1. The van der Waals surface area contributed by atoms with Gasteiger partial charge in [0.2, 0.25) is 5.91 Å². The van der Waals surface area contributed by atoms with E-state index in [2.05, 4.69) is 10.3 Å². The van der Waals surface area contributed by atoms with E-state index in [0.29, 0.717) is 17.3 Å². The fourth-order valence-corrected chi connectivity index (χ4v) is 3.77. The maximum absolute atomic E-state index is 12.7. The number of nitrogens with one attached hydrogen (secondary N) is 2. The van der Waals surface area contributed by atoms with Crippen LogP contribution in [0.3, 0.4) is 0 Å². The second-order valence-electron chi connectivity index (χ2n) is 6.82. The molecular weight excluding hydrogens is 362 g/mol. The van der Waals surface area contributed by atoms with Crippen molar-refractivity contribution in [3.63, 3.8) is 0 Å². The number of nitrogens with zero attached hydrogens (tertiary/aromatic N) is 1. The Kier molecular flexibility index (Phi) is 4.72. The van der Waals surface area contributed by atoms with Crippen molar-refractivity contribution in [2.24, 2.45) is 0 Å². The first-order chi connectivity index (χ1) is 13.0. The smallest absolute Gasteiger partial charge is 0.251 e. The summed E-state index contributed by atoms with van der Waals surface area (Å²) in [6, 6.07) is 12.7. The minimum Gasteiger partial charge on any atom is -0.361 e. The number of aromatic nitrogens is 1. The largest absolute Gasteiger partial charge is 0.361 e. The number of aromatic amines is 1. The molecule has 0 saturated carbocycles. The van der Waals surface area contributed by atoms with E-state index >= 15 is 0 Å². The molecule has 2 N–H and O–H groups in total. The Morgan fingerprint density at radius 1 is 1.22 bits per heavy atom. The average molecular weight is 382 g/mol. The van der Waals surface area contributed by atoms with Crippen LogP contribution in [0.5, 0.6) is 0 Å². The van der Waals surface area contributed by atoms with Crippen molar-refractivity contribution >= 4 is 40.0 Å². The molecule has 138 valence electrons. The quantitative estimate of drug-likeness (QED) is 0.664. The van der Waals surface area contributed by atoms with Crippen LogP contribution in [0.4, 0.5) is 5.69 Å². The fraction of sp³-hybridized carbons (Fsp3) is 0.238. The third kappa shape index (κ3) is 3.36. The number of halogens is 1. The summed E-state index contributed by atoms with van der Waals surface area (Å²) in [6.07, 6.45) is 2.89. The van der Waals surface area contributed by atoms with E-state index in [9.17, 15) is 9.59 Å². The summed E-state index contributed by atoms with van der Waals surface area (Å²) in [6.45, 7) is 2.50. The average Bonchev–Trinajstić information content (AvgIpc) is 3.16. The van der Waals surface area contributed by atoms with Crippen molar-refractivity contribution in [1.82, 2.24) is 10.3 Å². The highest BCUT2D eigenvalue weighted by Crippen LogP contribution is 2.26. The number of carbonyl (C=O) groups is 2. The lowest BCUT2D eigenvalue weighted by atomic mass is 10.1. The predicted octanol–water partition coefficient (Wildman–Crippen LogP) is 3.59. The summed E-state index contributed by atoms with van der Waals surface area (Å²) in [4.78, 5) is 29.7. The highest BCUT2D eigenvalue weighted by molar-refractivity contribution is 6.31. The van der Waals surface area contributed by atoms with Crippen molar-refractivity contribution in [2.45, 2.75) is 25.8 Å². The van der Waals surface area contributed by atoms with Crippen LogP contribution in [-0.4, -0.2) is 29.4 Å². The number of hydrogen-bond donors (Lipinski definition) is 2. The summed E-state index contributed by atoms with van der Waals surface area (Å²) in [5, 5.41) is 5.02. The summed E-state index contributed by atoms with van der Waals surface area (Å²) < 4.78 is 0. The van der Waals surface area contributed by atoms with Crippen LogP contribution >= 0.6 is 11.6 Å². The van der Waals surface area contributed by atoms with Gasteiger partial charge < -0.3 is 10.3 Å². The van der Waals surface area contributed by atoms with Gasteiger partial charge in [-0.1, -0.05) is 29.8 Å². The molecular formula is C21H20ClN3O2. The van der Waals surface area contributed by atoms with Gasteiger partial charge in [0.15, 0.2) is 0 Å². The molecule has 0 radical (unpaired) electrons. The number of hydrogen-bond acceptors (Lipinski definition) is 3. The molecule has 3 aromatic rings. The van der Waals surface area contributed by atoms with Crippen LogP contribution in [0.15, 0.2) is 48.7 Å². The first-order valence-electron chi connectivity index (χ1n) is 8.96. The Morgan fingerprint density at radius 2 is 2.04 bits per heavy atom. The van der Waals surface area contributed by atoms with Crippen LogP contribution < -0.4 is 10.2 Å². The highest BCUT2D eigenvalue weighted by Gasteiger charge is 2.39. The van der Waals surface area contributed by atoms with E-state index in [-0.39, 0.29) is 18.2 Å². The van der Waals surface area contributed by atoms with E-state index in [4.69, 9.17) is 11.6 Å². The lowest BCUT2D eigenvalue weighted by molar-refractivity contribution is -0.121. The molecule has 2 aromatic carbocycles. The molecule has 0 unspecified atom stereocenters. The fourth-order valence-electron chi connectivity index (χ4n) is 3.60. The van der Waals surface area contributed by atoms with E-state index in [1.807, 2.05) is 55.6 Å². The van der Waals surface area contributed by atoms with Gasteiger partial charge in [-0.15, -0.1) is 0 Å². The molecule has 1 aliphatic heterocycles. The number of anilines is 1. The maximum atomic E-state index is 12.7. The number of aryl methyl sites for hydroxylation is 1. The van der Waals surface area contributed by atoms with Crippen molar-refractivity contribution in [3.8, 4) is 0 Å². The minimum atomic E-state index is -0.481. The molecule has 2 heterocycles. The normalized spacial score (nSPS) is 17.3. The first-order valence-corrected chi connectivity index (χ1v) is 9.34. The van der Waals surface area contributed by atoms with E-state index in [1.165, 1.54) is 4.90 Å². The highest BCUT2D eigenvalue weighted by atomic mass is 35.5. The zero-order valence-corrected chi connectivity index (χ0v) is 15.7. The van der Waals surface area contributed by atoms with Gasteiger partial charge in [0, 0.05) is 28.7 Å². The molecule has 2 amide bonds. The molecule has 0 bridgehead atoms. The molecule has 1 aromatic heterocycles. The standard InChI is InChI=1S/C21H20ClN3O2/c1-13-4-2-3-5-19(13)25-20(26)11-18(21(25)27)23-9-8-14-12-24-17-7-6-15(22)10-16(14)17/h2-7,10,12,18,23-24H,8-9,11H2,1H3/t18-/m1/s1. The molecule has 0 aliphatic carbocycles. The summed E-state index contributed by atoms with van der Waals surface area (Å²) in [7, 11) is 0. The molecule has 1 saturated heterocycles. The third-order valence-corrected chi connectivity index (χ3v) is 5.25. The lowest BCUT2D eigenvalue weighted by Crippen LogP contribution is -2.39. The number of fused-ring (bicyclic) bond motifs is 1. The lowest BCUT2D eigenvalue weighted by Gasteiger charge is -2.17. The zero-order chi connectivity index (χ0) is 19.0. The van der Waals surface area contributed by atoms with Gasteiger partial charge in [-0.2, -0.15) is 0 Å². The van der Waals surface area contributed by atoms with Gasteiger partial charge in [0.1, 0.15) is 0 Å². The Balaban J connectivity index is 1.43. The Hall–Kier alpha value is -2.63. The van der Waals surface area contributed by atoms with Gasteiger partial charge in [-0.3, -0.25) is 9.59 Å². The van der Waals surface area contributed by atoms with Crippen LogP contribution in [0, 0.1) is 6.92 Å². The van der Waals surface area contributed by atoms with Crippen LogP contribution in [0.25, 0.3) is 10.9 Å². The maximum Gasteiger partial charge on any atom is 0.251 e. The molecule has 1 fully saturated rings. The van der Waals surface area contributed by atoms with Gasteiger partial charge in [0.05, 0.1) is 18.2 Å². The van der Waals surface area contributed by atoms with Gasteiger partial charge in [-0.25, -0.2) is 4.90 Å². The SMILES string of the molecule is Cc1ccccc1N1C(=O)C[C@@H](NCCc2c[nH]c3ccc(Cl)cc23)C1=O. The zero-order valence-electron chi connectivity index (χ0n) is 15.0. The predicted molar refractivity (Wildman–Crippen MR) is 107 cm³/mol. The number of carbonyl (C=O) groups excluding carboxylic acids is 2. The Labute approximate surface area is 162 Å². The first kappa shape index (κ1) is 17.8. The monoisotopic (exact) mass is 381 g/mol. The minimum absolute atomic E-state index is 0.161. The Morgan fingerprint density at radius 3 is 2.85 bits per heavy atom. The van der Waals surface area contributed by atoms with Crippen molar-refractivity contribution in [1.29, 1.82) is 0 Å². The summed E-state index contributed by atoms with van der Waals surface area (Å²) >= 11 is 6.09. The Bertz CT molecular complexity index is 1030. The molecule has 4 rings (SSSR count). The number of amides is 2. The number of rotatable bonds is 5.